The van der Waals surface area contributed by atoms with E-state index in [9.17, 15) is 9.59 Å². The van der Waals surface area contributed by atoms with Crippen molar-refractivity contribution in [1.29, 1.82) is 0 Å². The van der Waals surface area contributed by atoms with Gasteiger partial charge in [-0.25, -0.2) is 0 Å². The van der Waals surface area contributed by atoms with E-state index in [0.29, 0.717) is 5.69 Å². The van der Waals surface area contributed by atoms with Crippen LogP contribution in [0.3, 0.4) is 0 Å². The Balaban J connectivity index is 2.17. The molecule has 0 saturated heterocycles. The molecule has 0 unspecified atom stereocenters. The summed E-state index contributed by atoms with van der Waals surface area (Å²) >= 11 is 0. The molecule has 86 valence electrons. The molecular formula is C12H11N3O2. The third kappa shape index (κ3) is 2.78. The number of carbonyl (C=O) groups is 1. The average molecular weight is 229 g/mol. The molecule has 5 heteroatoms. The largest absolute Gasteiger partial charge is 0.319 e. The van der Waals surface area contributed by atoms with Crippen molar-refractivity contribution in [3.05, 3.63) is 58.3 Å². The Hall–Kier alpha value is -2.43. The Kier molecular flexibility index (Phi) is 3.00. The first-order chi connectivity index (χ1) is 8.15. The van der Waals surface area contributed by atoms with Gasteiger partial charge in [0.1, 0.15) is 5.69 Å². The van der Waals surface area contributed by atoms with Crippen LogP contribution in [0.2, 0.25) is 0 Å². The zero-order chi connectivity index (χ0) is 12.3. The highest BCUT2D eigenvalue weighted by atomic mass is 16.2. The summed E-state index contributed by atoms with van der Waals surface area (Å²) in [4.78, 5) is 29.3. The standard InChI is InChI=1S/C12H11N3O2/c1-8-5-6-9(7-13-8)14-12(17)10-3-2-4-11(16)15-10/h2-7H,1H3,(H,14,17)(H,15,16). The molecule has 5 nitrogen and oxygen atoms in total. The molecule has 0 atom stereocenters. The van der Waals surface area contributed by atoms with Gasteiger partial charge in [0.25, 0.3) is 5.91 Å². The highest BCUT2D eigenvalue weighted by molar-refractivity contribution is 6.02. The molecule has 0 spiro atoms. The van der Waals surface area contributed by atoms with Crippen LogP contribution in [0.15, 0.2) is 41.3 Å². The summed E-state index contributed by atoms with van der Waals surface area (Å²) in [6, 6.07) is 7.97. The van der Waals surface area contributed by atoms with Crippen molar-refractivity contribution in [1.82, 2.24) is 9.97 Å². The van der Waals surface area contributed by atoms with Crippen molar-refractivity contribution in [2.45, 2.75) is 6.92 Å². The number of aromatic nitrogens is 2. The summed E-state index contributed by atoms with van der Waals surface area (Å²) in [5.41, 5.74) is 1.37. The second-order valence-corrected chi connectivity index (χ2v) is 3.57. The molecule has 1 amide bonds. The van der Waals surface area contributed by atoms with E-state index in [1.54, 1.807) is 24.4 Å². The van der Waals surface area contributed by atoms with Gasteiger partial charge in [-0.05, 0) is 25.1 Å². The van der Waals surface area contributed by atoms with Crippen molar-refractivity contribution in [2.24, 2.45) is 0 Å². The molecule has 0 aliphatic rings. The van der Waals surface area contributed by atoms with Crippen LogP contribution >= 0.6 is 0 Å². The molecule has 0 bridgehead atoms. The summed E-state index contributed by atoms with van der Waals surface area (Å²) in [5.74, 6) is -0.367. The second kappa shape index (κ2) is 4.61. The Morgan fingerprint density at radius 1 is 1.29 bits per heavy atom. The highest BCUT2D eigenvalue weighted by Crippen LogP contribution is 2.06. The first kappa shape index (κ1) is 11.1. The SMILES string of the molecule is Cc1ccc(NC(=O)c2cccc(=O)[nH]2)cn1. The average Bonchev–Trinajstić information content (AvgIpc) is 2.32. The third-order valence-electron chi connectivity index (χ3n) is 2.18. The van der Waals surface area contributed by atoms with Gasteiger partial charge in [-0.15, -0.1) is 0 Å². The molecule has 0 fully saturated rings. The lowest BCUT2D eigenvalue weighted by molar-refractivity contribution is 0.102. The molecule has 0 aliphatic heterocycles. The highest BCUT2D eigenvalue weighted by Gasteiger charge is 2.06. The molecule has 2 N–H and O–H groups in total. The number of amides is 1. The molecule has 2 aromatic heterocycles. The smallest absolute Gasteiger partial charge is 0.272 e. The van der Waals surface area contributed by atoms with Crippen LogP contribution in [-0.2, 0) is 0 Å². The van der Waals surface area contributed by atoms with Gasteiger partial charge in [-0.1, -0.05) is 6.07 Å². The van der Waals surface area contributed by atoms with Crippen LogP contribution in [0.4, 0.5) is 5.69 Å². The number of hydrogen-bond acceptors (Lipinski definition) is 3. The van der Waals surface area contributed by atoms with E-state index in [0.717, 1.165) is 5.69 Å². The summed E-state index contributed by atoms with van der Waals surface area (Å²) in [6.45, 7) is 1.86. The fourth-order valence-corrected chi connectivity index (χ4v) is 1.32. The lowest BCUT2D eigenvalue weighted by atomic mass is 10.3. The number of aryl methyl sites for hydroxylation is 1. The number of hydrogen-bond donors (Lipinski definition) is 2. The Bertz CT molecular complexity index is 587. The maximum Gasteiger partial charge on any atom is 0.272 e. The Morgan fingerprint density at radius 2 is 2.12 bits per heavy atom. The number of anilines is 1. The van der Waals surface area contributed by atoms with Crippen LogP contribution in [0, 0.1) is 6.92 Å². The van der Waals surface area contributed by atoms with Crippen LogP contribution < -0.4 is 10.9 Å². The van der Waals surface area contributed by atoms with E-state index < -0.39 is 0 Å². The summed E-state index contributed by atoms with van der Waals surface area (Å²) in [6.07, 6.45) is 1.56. The monoisotopic (exact) mass is 229 g/mol. The van der Waals surface area contributed by atoms with E-state index in [1.807, 2.05) is 6.92 Å². The van der Waals surface area contributed by atoms with Crippen molar-refractivity contribution < 1.29 is 4.79 Å². The third-order valence-corrected chi connectivity index (χ3v) is 2.18. The fourth-order valence-electron chi connectivity index (χ4n) is 1.32. The summed E-state index contributed by atoms with van der Waals surface area (Å²) in [7, 11) is 0. The van der Waals surface area contributed by atoms with Gasteiger partial charge in [0.15, 0.2) is 0 Å². The first-order valence-electron chi connectivity index (χ1n) is 5.08. The molecule has 2 aromatic rings. The lowest BCUT2D eigenvalue weighted by Crippen LogP contribution is -2.17. The molecule has 17 heavy (non-hydrogen) atoms. The van der Waals surface area contributed by atoms with Gasteiger partial charge in [0.2, 0.25) is 5.56 Å². The van der Waals surface area contributed by atoms with E-state index in [-0.39, 0.29) is 17.2 Å². The summed E-state index contributed by atoms with van der Waals surface area (Å²) in [5, 5.41) is 2.64. The minimum Gasteiger partial charge on any atom is -0.319 e. The number of H-pyrrole nitrogens is 1. The van der Waals surface area contributed by atoms with Gasteiger partial charge < -0.3 is 10.3 Å². The topological polar surface area (TPSA) is 74.8 Å². The first-order valence-corrected chi connectivity index (χ1v) is 5.08. The van der Waals surface area contributed by atoms with Crippen molar-refractivity contribution in [2.75, 3.05) is 5.32 Å². The van der Waals surface area contributed by atoms with Gasteiger partial charge in [0, 0.05) is 11.8 Å². The fraction of sp³-hybridized carbons (Fsp3) is 0.0833. The maximum atomic E-state index is 11.7. The molecule has 2 heterocycles. The van der Waals surface area contributed by atoms with Gasteiger partial charge >= 0.3 is 0 Å². The number of carbonyl (C=O) groups excluding carboxylic acids is 1. The molecule has 0 aliphatic carbocycles. The number of aromatic amines is 1. The zero-order valence-electron chi connectivity index (χ0n) is 9.23. The van der Waals surface area contributed by atoms with Crippen LogP contribution in [0.5, 0.6) is 0 Å². The van der Waals surface area contributed by atoms with Crippen molar-refractivity contribution in [3.8, 4) is 0 Å². The van der Waals surface area contributed by atoms with Crippen molar-refractivity contribution in [3.63, 3.8) is 0 Å². The summed E-state index contributed by atoms with van der Waals surface area (Å²) < 4.78 is 0. The molecule has 0 aromatic carbocycles. The minimum absolute atomic E-state index is 0.220. The maximum absolute atomic E-state index is 11.7. The number of pyridine rings is 2. The Labute approximate surface area is 97.5 Å². The molecule has 2 rings (SSSR count). The lowest BCUT2D eigenvalue weighted by Gasteiger charge is -2.04. The van der Waals surface area contributed by atoms with Gasteiger partial charge in [-0.3, -0.25) is 14.6 Å². The van der Waals surface area contributed by atoms with Crippen LogP contribution in [-0.4, -0.2) is 15.9 Å². The van der Waals surface area contributed by atoms with E-state index in [2.05, 4.69) is 15.3 Å². The Morgan fingerprint density at radius 3 is 2.76 bits per heavy atom. The van der Waals surface area contributed by atoms with Gasteiger partial charge in [0.05, 0.1) is 11.9 Å². The zero-order valence-corrected chi connectivity index (χ0v) is 9.23. The minimum atomic E-state index is -0.367. The number of rotatable bonds is 2. The normalized spacial score (nSPS) is 9.94. The molecule has 0 radical (unpaired) electrons. The number of nitrogens with zero attached hydrogens (tertiary/aromatic N) is 1. The predicted molar refractivity (Wildman–Crippen MR) is 64.0 cm³/mol. The van der Waals surface area contributed by atoms with Crippen molar-refractivity contribution >= 4 is 11.6 Å². The quantitative estimate of drug-likeness (QED) is 0.815. The van der Waals surface area contributed by atoms with E-state index in [4.69, 9.17) is 0 Å². The second-order valence-electron chi connectivity index (χ2n) is 3.57. The van der Waals surface area contributed by atoms with E-state index in [1.165, 1.54) is 12.1 Å². The molecule has 0 saturated carbocycles. The molecular weight excluding hydrogens is 218 g/mol. The van der Waals surface area contributed by atoms with Crippen LogP contribution in [0.25, 0.3) is 0 Å². The number of nitrogens with one attached hydrogen (secondary N) is 2. The predicted octanol–water partition coefficient (Wildman–Crippen LogP) is 1.33. The van der Waals surface area contributed by atoms with E-state index >= 15 is 0 Å². The van der Waals surface area contributed by atoms with Crippen LogP contribution in [0.1, 0.15) is 16.2 Å². The van der Waals surface area contributed by atoms with Gasteiger partial charge in [-0.2, -0.15) is 0 Å².